The number of aromatic nitrogens is 1. The Morgan fingerprint density at radius 3 is 2.77 bits per heavy atom. The van der Waals surface area contributed by atoms with Gasteiger partial charge in [0.25, 0.3) is 0 Å². The number of hydrogen-bond acceptors (Lipinski definition) is 3. The summed E-state index contributed by atoms with van der Waals surface area (Å²) in [6.07, 6.45) is -2.87. The van der Waals surface area contributed by atoms with Gasteiger partial charge in [0.1, 0.15) is 17.4 Å². The predicted molar refractivity (Wildman–Crippen MR) is 72.3 cm³/mol. The molecule has 0 amide bonds. The van der Waals surface area contributed by atoms with E-state index in [2.05, 4.69) is 11.1 Å². The normalized spacial score (nSPS) is 20.6. The number of hydrogen-bond donors (Lipinski definition) is 0. The van der Waals surface area contributed by atoms with Crippen molar-refractivity contribution in [2.45, 2.75) is 18.0 Å². The largest absolute Gasteiger partial charge is 0.491 e. The van der Waals surface area contributed by atoms with E-state index >= 15 is 0 Å². The highest BCUT2D eigenvalue weighted by Crippen LogP contribution is 2.41. The second kappa shape index (κ2) is 5.34. The van der Waals surface area contributed by atoms with Crippen molar-refractivity contribution in [3.63, 3.8) is 0 Å². The molecular formula is C16H11F3N2O. The number of fused-ring (bicyclic) bond motifs is 1. The molecule has 1 aliphatic rings. The molecule has 2 atom stereocenters. The van der Waals surface area contributed by atoms with Crippen LogP contribution in [0.4, 0.5) is 13.2 Å². The molecule has 1 aromatic heterocycles. The molecule has 0 spiro atoms. The molecule has 2 unspecified atom stereocenters. The summed E-state index contributed by atoms with van der Waals surface area (Å²) in [7, 11) is 0. The van der Waals surface area contributed by atoms with Crippen molar-refractivity contribution in [3.05, 3.63) is 59.4 Å². The van der Waals surface area contributed by atoms with Crippen LogP contribution in [0.1, 0.15) is 28.7 Å². The number of alkyl halides is 3. The van der Waals surface area contributed by atoms with Crippen molar-refractivity contribution in [2.24, 2.45) is 0 Å². The summed E-state index contributed by atoms with van der Waals surface area (Å²) in [6.45, 7) is 0.151. The first-order valence-electron chi connectivity index (χ1n) is 6.65. The van der Waals surface area contributed by atoms with Crippen molar-refractivity contribution in [1.82, 2.24) is 4.98 Å². The summed E-state index contributed by atoms with van der Waals surface area (Å²) in [6, 6.07) is 10.6. The van der Waals surface area contributed by atoms with Gasteiger partial charge in [0.15, 0.2) is 0 Å². The average molecular weight is 304 g/mol. The van der Waals surface area contributed by atoms with Crippen LogP contribution in [0.25, 0.3) is 0 Å². The summed E-state index contributed by atoms with van der Waals surface area (Å²) in [5.41, 5.74) is 0.171. The predicted octanol–water partition coefficient (Wildman–Crippen LogP) is 3.88. The van der Waals surface area contributed by atoms with Crippen molar-refractivity contribution in [3.8, 4) is 11.8 Å². The third kappa shape index (κ3) is 2.50. The molecule has 22 heavy (non-hydrogen) atoms. The van der Waals surface area contributed by atoms with Crippen molar-refractivity contribution < 1.29 is 17.9 Å². The minimum atomic E-state index is -4.41. The van der Waals surface area contributed by atoms with E-state index in [1.165, 1.54) is 6.07 Å². The molecule has 0 aliphatic carbocycles. The number of nitriles is 1. The Kier molecular flexibility index (Phi) is 3.49. The molecule has 112 valence electrons. The van der Waals surface area contributed by atoms with E-state index < -0.39 is 23.6 Å². The Bertz CT molecular complexity index is 737. The highest BCUT2D eigenvalue weighted by Gasteiger charge is 2.36. The quantitative estimate of drug-likeness (QED) is 0.803. The molecular weight excluding hydrogens is 293 g/mol. The van der Waals surface area contributed by atoms with Crippen LogP contribution in [-0.4, -0.2) is 11.6 Å². The number of ether oxygens (including phenoxy) is 1. The van der Waals surface area contributed by atoms with Crippen molar-refractivity contribution >= 4 is 0 Å². The van der Waals surface area contributed by atoms with Crippen molar-refractivity contribution in [2.75, 3.05) is 6.61 Å². The van der Waals surface area contributed by atoms with Crippen molar-refractivity contribution in [1.29, 1.82) is 5.26 Å². The smallest absolute Gasteiger partial charge is 0.416 e. The molecule has 0 fully saturated rings. The third-order valence-corrected chi connectivity index (χ3v) is 3.70. The number of pyridine rings is 1. The maximum absolute atomic E-state index is 12.8. The highest BCUT2D eigenvalue weighted by atomic mass is 19.4. The first-order chi connectivity index (χ1) is 10.5. The van der Waals surface area contributed by atoms with E-state index in [1.54, 1.807) is 24.4 Å². The lowest BCUT2D eigenvalue weighted by atomic mass is 9.82. The van der Waals surface area contributed by atoms with Gasteiger partial charge in [-0.3, -0.25) is 4.98 Å². The second-order valence-corrected chi connectivity index (χ2v) is 5.03. The van der Waals surface area contributed by atoms with Gasteiger partial charge >= 0.3 is 6.18 Å². The Balaban J connectivity index is 2.01. The van der Waals surface area contributed by atoms with Crippen LogP contribution in [0, 0.1) is 11.3 Å². The molecule has 3 nitrogen and oxygen atoms in total. The van der Waals surface area contributed by atoms with Crippen LogP contribution in [0.2, 0.25) is 0 Å². The van der Waals surface area contributed by atoms with Gasteiger partial charge in [-0.05, 0) is 23.8 Å². The standard InChI is InChI=1S/C16H11F3N2O/c17-16(18,19)11-4-1-3-10(7-11)13-9-22-14-5-2-6-21-15(14)12(13)8-20/h1-7,12-13H,9H2. The first kappa shape index (κ1) is 14.4. The zero-order chi connectivity index (χ0) is 15.7. The zero-order valence-corrected chi connectivity index (χ0v) is 11.3. The molecule has 3 rings (SSSR count). The molecule has 0 saturated heterocycles. The van der Waals surface area contributed by atoms with Gasteiger partial charge in [-0.25, -0.2) is 0 Å². The maximum Gasteiger partial charge on any atom is 0.416 e. The summed E-state index contributed by atoms with van der Waals surface area (Å²) in [4.78, 5) is 4.15. The minimum absolute atomic E-state index is 0.151. The van der Waals surface area contributed by atoms with Crippen LogP contribution in [-0.2, 0) is 6.18 Å². The van der Waals surface area contributed by atoms with E-state index in [-0.39, 0.29) is 6.61 Å². The van der Waals surface area contributed by atoms with Gasteiger partial charge in [0, 0.05) is 12.1 Å². The van der Waals surface area contributed by atoms with Crippen LogP contribution in [0.15, 0.2) is 42.6 Å². The summed E-state index contributed by atoms with van der Waals surface area (Å²) in [5, 5.41) is 9.43. The third-order valence-electron chi connectivity index (χ3n) is 3.70. The molecule has 2 heterocycles. The molecule has 1 aliphatic heterocycles. The Morgan fingerprint density at radius 1 is 1.23 bits per heavy atom. The monoisotopic (exact) mass is 304 g/mol. The van der Waals surface area contributed by atoms with Crippen LogP contribution < -0.4 is 4.74 Å². The van der Waals surface area contributed by atoms with Gasteiger partial charge in [0.2, 0.25) is 0 Å². The number of benzene rings is 1. The van der Waals surface area contributed by atoms with Gasteiger partial charge in [-0.2, -0.15) is 18.4 Å². The van der Waals surface area contributed by atoms with Crippen LogP contribution in [0.5, 0.6) is 5.75 Å². The Labute approximate surface area is 125 Å². The molecule has 6 heteroatoms. The molecule has 0 saturated carbocycles. The van der Waals surface area contributed by atoms with E-state index in [0.717, 1.165) is 12.1 Å². The molecule has 0 radical (unpaired) electrons. The lowest BCUT2D eigenvalue weighted by Gasteiger charge is -2.29. The fourth-order valence-corrected chi connectivity index (χ4v) is 2.61. The Hall–Kier alpha value is -2.55. The highest BCUT2D eigenvalue weighted by molar-refractivity contribution is 5.41. The summed E-state index contributed by atoms with van der Waals surface area (Å²) >= 11 is 0. The lowest BCUT2D eigenvalue weighted by Crippen LogP contribution is -2.24. The number of rotatable bonds is 1. The van der Waals surface area contributed by atoms with E-state index in [0.29, 0.717) is 17.0 Å². The van der Waals surface area contributed by atoms with E-state index in [1.807, 2.05) is 0 Å². The van der Waals surface area contributed by atoms with Gasteiger partial charge in [-0.15, -0.1) is 0 Å². The number of nitrogens with zero attached hydrogens (tertiary/aromatic N) is 2. The molecule has 0 bridgehead atoms. The van der Waals surface area contributed by atoms with Gasteiger partial charge in [-0.1, -0.05) is 18.2 Å². The fraction of sp³-hybridized carbons (Fsp3) is 0.250. The molecule has 1 aromatic carbocycles. The topological polar surface area (TPSA) is 45.9 Å². The SMILES string of the molecule is N#CC1c2ncccc2OCC1c1cccc(C(F)(F)F)c1. The fourth-order valence-electron chi connectivity index (χ4n) is 2.61. The first-order valence-corrected chi connectivity index (χ1v) is 6.65. The lowest BCUT2D eigenvalue weighted by molar-refractivity contribution is -0.137. The maximum atomic E-state index is 12.8. The van der Waals surface area contributed by atoms with E-state index in [9.17, 15) is 18.4 Å². The molecule has 2 aromatic rings. The summed E-state index contributed by atoms with van der Waals surface area (Å²) < 4.78 is 44.1. The van der Waals surface area contributed by atoms with Gasteiger partial charge in [0.05, 0.1) is 18.2 Å². The second-order valence-electron chi connectivity index (χ2n) is 5.03. The number of halogens is 3. The van der Waals surface area contributed by atoms with E-state index in [4.69, 9.17) is 4.74 Å². The van der Waals surface area contributed by atoms with Crippen LogP contribution in [0.3, 0.4) is 0 Å². The minimum Gasteiger partial charge on any atom is -0.491 e. The van der Waals surface area contributed by atoms with Gasteiger partial charge < -0.3 is 4.74 Å². The Morgan fingerprint density at radius 2 is 2.05 bits per heavy atom. The summed E-state index contributed by atoms with van der Waals surface area (Å²) in [5.74, 6) is -0.597. The zero-order valence-electron chi connectivity index (χ0n) is 11.3. The average Bonchev–Trinajstić information content (AvgIpc) is 2.53. The molecule has 0 N–H and O–H groups in total. The van der Waals surface area contributed by atoms with Crippen LogP contribution >= 0.6 is 0 Å².